The molecule has 0 amide bonds. The highest BCUT2D eigenvalue weighted by Crippen LogP contribution is 2.41. The van der Waals surface area contributed by atoms with Crippen LogP contribution in [0.4, 0.5) is 0 Å². The zero-order valence-corrected chi connectivity index (χ0v) is 14.0. The second-order valence-corrected chi connectivity index (χ2v) is 7.51. The monoisotopic (exact) mass is 269 g/mol. The van der Waals surface area contributed by atoms with E-state index in [4.69, 9.17) is 4.74 Å². The summed E-state index contributed by atoms with van der Waals surface area (Å²) in [5.41, 5.74) is 0.453. The Morgan fingerprint density at radius 1 is 1.21 bits per heavy atom. The van der Waals surface area contributed by atoms with Crippen LogP contribution in [-0.2, 0) is 4.74 Å². The van der Waals surface area contributed by atoms with Crippen molar-refractivity contribution in [2.75, 3.05) is 13.2 Å². The summed E-state index contributed by atoms with van der Waals surface area (Å²) in [4.78, 5) is 0. The molecule has 0 heterocycles. The number of ether oxygens (including phenoxy) is 1. The first-order valence-corrected chi connectivity index (χ1v) is 8.19. The van der Waals surface area contributed by atoms with Crippen LogP contribution in [0.25, 0.3) is 0 Å². The molecular weight excluding hydrogens is 234 g/mol. The third-order valence-electron chi connectivity index (χ3n) is 4.61. The van der Waals surface area contributed by atoms with Crippen LogP contribution >= 0.6 is 0 Å². The van der Waals surface area contributed by atoms with Crippen molar-refractivity contribution in [1.82, 2.24) is 5.32 Å². The molecule has 1 fully saturated rings. The van der Waals surface area contributed by atoms with Gasteiger partial charge < -0.3 is 10.1 Å². The maximum Gasteiger partial charge on any atom is 0.0518 e. The van der Waals surface area contributed by atoms with Gasteiger partial charge in [-0.1, -0.05) is 27.7 Å². The second kappa shape index (κ2) is 7.64. The molecule has 0 aromatic carbocycles. The van der Waals surface area contributed by atoms with Gasteiger partial charge in [0.25, 0.3) is 0 Å². The highest BCUT2D eigenvalue weighted by molar-refractivity contribution is 4.88. The van der Waals surface area contributed by atoms with Gasteiger partial charge in [0.1, 0.15) is 0 Å². The lowest BCUT2D eigenvalue weighted by atomic mass is 9.67. The smallest absolute Gasteiger partial charge is 0.0518 e. The lowest BCUT2D eigenvalue weighted by molar-refractivity contribution is 0.0449. The number of nitrogens with one attached hydrogen (secondary N) is 1. The Balaban J connectivity index is 2.52. The van der Waals surface area contributed by atoms with Crippen LogP contribution in [0.1, 0.15) is 67.2 Å². The van der Waals surface area contributed by atoms with Crippen LogP contribution in [0, 0.1) is 17.3 Å². The van der Waals surface area contributed by atoms with Crippen molar-refractivity contribution in [3.05, 3.63) is 0 Å². The molecule has 3 atom stereocenters. The molecule has 19 heavy (non-hydrogen) atoms. The zero-order valence-electron chi connectivity index (χ0n) is 14.0. The van der Waals surface area contributed by atoms with Gasteiger partial charge in [-0.3, -0.25) is 0 Å². The van der Waals surface area contributed by atoms with Crippen LogP contribution in [0.3, 0.4) is 0 Å². The maximum atomic E-state index is 5.76. The van der Waals surface area contributed by atoms with Crippen LogP contribution in [0.2, 0.25) is 0 Å². The van der Waals surface area contributed by atoms with E-state index < -0.39 is 0 Å². The Morgan fingerprint density at radius 3 is 2.42 bits per heavy atom. The second-order valence-electron chi connectivity index (χ2n) is 7.51. The predicted octanol–water partition coefficient (Wildman–Crippen LogP) is 4.24. The third kappa shape index (κ3) is 5.83. The van der Waals surface area contributed by atoms with Gasteiger partial charge in [-0.25, -0.2) is 0 Å². The average molecular weight is 269 g/mol. The topological polar surface area (TPSA) is 21.3 Å². The Bertz CT molecular complexity index is 244. The van der Waals surface area contributed by atoms with Gasteiger partial charge in [0.15, 0.2) is 0 Å². The molecule has 1 rings (SSSR count). The van der Waals surface area contributed by atoms with Crippen molar-refractivity contribution in [3.8, 4) is 0 Å². The van der Waals surface area contributed by atoms with Gasteiger partial charge in [0, 0.05) is 12.6 Å². The standard InChI is InChI=1S/C17H35NO/c1-7-18-16-9-8-15(17(4,5)6)12-14(16)10-11-19-13(2)3/h13-16,18H,7-12H2,1-6H3. The molecule has 1 aliphatic carbocycles. The molecule has 0 radical (unpaired) electrons. The van der Waals surface area contributed by atoms with E-state index in [2.05, 4.69) is 46.9 Å². The van der Waals surface area contributed by atoms with Gasteiger partial charge >= 0.3 is 0 Å². The minimum atomic E-state index is 0.361. The minimum Gasteiger partial charge on any atom is -0.379 e. The van der Waals surface area contributed by atoms with E-state index in [1.54, 1.807) is 0 Å². The molecular formula is C17H35NO. The van der Waals surface area contributed by atoms with Gasteiger partial charge in [0.2, 0.25) is 0 Å². The van der Waals surface area contributed by atoms with Crippen LogP contribution < -0.4 is 5.32 Å². The molecule has 0 aliphatic heterocycles. The molecule has 0 aromatic rings. The van der Waals surface area contributed by atoms with Crippen molar-refractivity contribution in [1.29, 1.82) is 0 Å². The first-order chi connectivity index (χ1) is 8.84. The fraction of sp³-hybridized carbons (Fsp3) is 1.00. The SMILES string of the molecule is CCNC1CCC(C(C)(C)C)CC1CCOC(C)C. The van der Waals surface area contributed by atoms with E-state index in [1.165, 1.54) is 25.7 Å². The number of hydrogen-bond acceptors (Lipinski definition) is 2. The summed E-state index contributed by atoms with van der Waals surface area (Å²) in [5, 5.41) is 3.69. The fourth-order valence-electron chi connectivity index (χ4n) is 3.36. The summed E-state index contributed by atoms with van der Waals surface area (Å²) in [5.74, 6) is 1.66. The molecule has 2 heteroatoms. The van der Waals surface area contributed by atoms with Crippen LogP contribution in [-0.4, -0.2) is 25.3 Å². The van der Waals surface area contributed by atoms with Crippen molar-refractivity contribution in [2.45, 2.75) is 79.4 Å². The molecule has 0 aromatic heterocycles. The highest BCUT2D eigenvalue weighted by Gasteiger charge is 2.35. The van der Waals surface area contributed by atoms with Crippen molar-refractivity contribution >= 4 is 0 Å². The normalized spacial score (nSPS) is 28.9. The van der Waals surface area contributed by atoms with Crippen molar-refractivity contribution in [3.63, 3.8) is 0 Å². The number of hydrogen-bond donors (Lipinski definition) is 1. The lowest BCUT2D eigenvalue weighted by Crippen LogP contribution is -2.43. The summed E-state index contributed by atoms with van der Waals surface area (Å²) in [6.45, 7) is 15.7. The van der Waals surface area contributed by atoms with Crippen molar-refractivity contribution < 1.29 is 4.74 Å². The molecule has 1 aliphatic rings. The molecule has 1 saturated carbocycles. The molecule has 0 saturated heterocycles. The molecule has 0 bridgehead atoms. The third-order valence-corrected chi connectivity index (χ3v) is 4.61. The van der Waals surface area contributed by atoms with Gasteiger partial charge in [0.05, 0.1) is 6.10 Å². The van der Waals surface area contributed by atoms with E-state index in [9.17, 15) is 0 Å². The Morgan fingerprint density at radius 2 is 1.89 bits per heavy atom. The first kappa shape index (κ1) is 17.0. The summed E-state index contributed by atoms with van der Waals surface area (Å²) in [6, 6.07) is 0.708. The van der Waals surface area contributed by atoms with E-state index in [0.29, 0.717) is 17.6 Å². The highest BCUT2D eigenvalue weighted by atomic mass is 16.5. The average Bonchev–Trinajstić information content (AvgIpc) is 2.29. The van der Waals surface area contributed by atoms with Crippen molar-refractivity contribution in [2.24, 2.45) is 17.3 Å². The Hall–Kier alpha value is -0.0800. The molecule has 0 spiro atoms. The number of rotatable bonds is 6. The van der Waals surface area contributed by atoms with Gasteiger partial charge in [-0.15, -0.1) is 0 Å². The molecule has 2 nitrogen and oxygen atoms in total. The molecule has 1 N–H and O–H groups in total. The molecule has 3 unspecified atom stereocenters. The summed E-state index contributed by atoms with van der Waals surface area (Å²) >= 11 is 0. The van der Waals surface area contributed by atoms with Gasteiger partial charge in [-0.05, 0) is 63.3 Å². The summed E-state index contributed by atoms with van der Waals surface area (Å²) in [6.07, 6.45) is 5.65. The molecule has 114 valence electrons. The largest absolute Gasteiger partial charge is 0.379 e. The van der Waals surface area contributed by atoms with E-state index in [-0.39, 0.29) is 0 Å². The predicted molar refractivity (Wildman–Crippen MR) is 83.5 cm³/mol. The minimum absolute atomic E-state index is 0.361. The van der Waals surface area contributed by atoms with Crippen LogP contribution in [0.15, 0.2) is 0 Å². The quantitative estimate of drug-likeness (QED) is 0.778. The van der Waals surface area contributed by atoms with E-state index in [1.807, 2.05) is 0 Å². The lowest BCUT2D eigenvalue weighted by Gasteiger charge is -2.42. The summed E-state index contributed by atoms with van der Waals surface area (Å²) in [7, 11) is 0. The maximum absolute atomic E-state index is 5.76. The Kier molecular flexibility index (Phi) is 6.82. The zero-order chi connectivity index (χ0) is 14.5. The Labute approximate surface area is 120 Å². The van der Waals surface area contributed by atoms with Gasteiger partial charge in [-0.2, -0.15) is 0 Å². The van der Waals surface area contributed by atoms with E-state index in [0.717, 1.165) is 25.0 Å². The first-order valence-electron chi connectivity index (χ1n) is 8.19. The summed E-state index contributed by atoms with van der Waals surface area (Å²) < 4.78 is 5.76. The fourth-order valence-corrected chi connectivity index (χ4v) is 3.36. The van der Waals surface area contributed by atoms with Crippen LogP contribution in [0.5, 0.6) is 0 Å². The van der Waals surface area contributed by atoms with E-state index >= 15 is 0 Å².